The number of Topliss-reactive ketones (excluding diaryl/α,β-unsaturated/α-hetero) is 1. The summed E-state index contributed by atoms with van der Waals surface area (Å²) in [6.45, 7) is 4.65. The van der Waals surface area contributed by atoms with E-state index in [-0.39, 0.29) is 24.2 Å². The fourth-order valence-electron chi connectivity index (χ4n) is 2.48. The molecule has 112 valence electrons. The van der Waals surface area contributed by atoms with Gasteiger partial charge in [0.15, 0.2) is 0 Å². The molecule has 0 aromatic rings. The highest BCUT2D eigenvalue weighted by atomic mass is 32.2. The number of ether oxygens (including phenoxy) is 1. The Kier molecular flexibility index (Phi) is 6.96. The normalized spacial score (nSPS) is 22.1. The highest BCUT2D eigenvalue weighted by molar-refractivity contribution is 7.89. The highest BCUT2D eigenvalue weighted by Crippen LogP contribution is 2.22. The summed E-state index contributed by atoms with van der Waals surface area (Å²) in [5.74, 6) is 0.0619. The maximum Gasteiger partial charge on any atom is 0.216 e. The van der Waals surface area contributed by atoms with Crippen molar-refractivity contribution in [1.82, 2.24) is 4.31 Å². The summed E-state index contributed by atoms with van der Waals surface area (Å²) >= 11 is 0. The van der Waals surface area contributed by atoms with Gasteiger partial charge in [-0.15, -0.1) is 0 Å². The Balaban J connectivity index is 2.74. The summed E-state index contributed by atoms with van der Waals surface area (Å²) < 4.78 is 31.4. The molecule has 1 unspecified atom stereocenters. The summed E-state index contributed by atoms with van der Waals surface area (Å²) in [6.07, 6.45) is 4.02. The Labute approximate surface area is 116 Å². The molecular weight excluding hydrogens is 266 g/mol. The predicted octanol–water partition coefficient (Wildman–Crippen LogP) is 1.58. The molecule has 0 aromatic heterocycles. The summed E-state index contributed by atoms with van der Waals surface area (Å²) in [5.41, 5.74) is 0. The van der Waals surface area contributed by atoms with Crippen LogP contribution < -0.4 is 0 Å². The Morgan fingerprint density at radius 1 is 1.32 bits per heavy atom. The van der Waals surface area contributed by atoms with E-state index in [1.54, 1.807) is 4.31 Å². The summed E-state index contributed by atoms with van der Waals surface area (Å²) in [4.78, 5) is 11.3. The van der Waals surface area contributed by atoms with Gasteiger partial charge in [0.1, 0.15) is 5.78 Å². The number of rotatable bonds is 7. The van der Waals surface area contributed by atoms with Gasteiger partial charge in [-0.3, -0.25) is 4.79 Å². The van der Waals surface area contributed by atoms with E-state index >= 15 is 0 Å². The molecule has 1 fully saturated rings. The van der Waals surface area contributed by atoms with Crippen LogP contribution in [0.3, 0.4) is 0 Å². The van der Waals surface area contributed by atoms with Crippen molar-refractivity contribution in [2.24, 2.45) is 0 Å². The van der Waals surface area contributed by atoms with Crippen LogP contribution in [0.2, 0.25) is 0 Å². The molecule has 0 saturated carbocycles. The quantitative estimate of drug-likeness (QED) is 0.668. The molecule has 1 atom stereocenters. The van der Waals surface area contributed by atoms with Crippen molar-refractivity contribution in [1.29, 1.82) is 0 Å². The first kappa shape index (κ1) is 16.6. The van der Waals surface area contributed by atoms with Gasteiger partial charge in [0.2, 0.25) is 10.0 Å². The topological polar surface area (TPSA) is 63.7 Å². The van der Waals surface area contributed by atoms with E-state index in [1.165, 1.54) is 6.92 Å². The number of hydrogen-bond acceptors (Lipinski definition) is 4. The first-order valence-corrected chi connectivity index (χ1v) is 8.65. The number of ketones is 1. The third-order valence-electron chi connectivity index (χ3n) is 3.39. The van der Waals surface area contributed by atoms with Crippen molar-refractivity contribution in [3.05, 3.63) is 0 Å². The molecule has 0 bridgehead atoms. The number of nitrogens with zero attached hydrogens (tertiary/aromatic N) is 1. The van der Waals surface area contributed by atoms with Gasteiger partial charge in [-0.25, -0.2) is 8.42 Å². The van der Waals surface area contributed by atoms with E-state index < -0.39 is 10.0 Å². The van der Waals surface area contributed by atoms with Gasteiger partial charge in [-0.2, -0.15) is 4.31 Å². The van der Waals surface area contributed by atoms with Gasteiger partial charge in [0.25, 0.3) is 0 Å². The molecule has 1 aliphatic rings. The molecule has 0 spiro atoms. The van der Waals surface area contributed by atoms with E-state index in [9.17, 15) is 13.2 Å². The number of sulfonamides is 1. The zero-order chi connectivity index (χ0) is 14.3. The lowest BCUT2D eigenvalue weighted by atomic mass is 10.1. The smallest absolute Gasteiger partial charge is 0.216 e. The number of hydrogen-bond donors (Lipinski definition) is 0. The minimum atomic E-state index is -3.32. The van der Waals surface area contributed by atoms with E-state index in [4.69, 9.17) is 4.74 Å². The molecule has 0 aliphatic carbocycles. The molecule has 0 amide bonds. The lowest BCUT2D eigenvalue weighted by Gasteiger charge is -2.28. The van der Waals surface area contributed by atoms with Gasteiger partial charge >= 0.3 is 0 Å². The zero-order valence-corrected chi connectivity index (χ0v) is 12.7. The average Bonchev–Trinajstić information content (AvgIpc) is 2.54. The van der Waals surface area contributed by atoms with Crippen LogP contribution in [0.25, 0.3) is 0 Å². The third kappa shape index (κ3) is 5.58. The summed E-state index contributed by atoms with van der Waals surface area (Å²) in [6, 6.07) is -0.161. The lowest BCUT2D eigenvalue weighted by Crippen LogP contribution is -2.42. The largest absolute Gasteiger partial charge is 0.381 e. The fraction of sp³-hybridized carbons (Fsp3) is 0.923. The van der Waals surface area contributed by atoms with Crippen LogP contribution in [-0.2, 0) is 19.6 Å². The van der Waals surface area contributed by atoms with Crippen molar-refractivity contribution in [2.45, 2.75) is 52.0 Å². The van der Waals surface area contributed by atoms with Crippen LogP contribution in [0.4, 0.5) is 0 Å². The Bertz CT molecular complexity index is 380. The van der Waals surface area contributed by atoms with Gasteiger partial charge in [0.05, 0.1) is 12.4 Å². The minimum absolute atomic E-state index is 0.00917. The average molecular weight is 291 g/mol. The lowest BCUT2D eigenvalue weighted by molar-refractivity contribution is -0.117. The second-order valence-corrected chi connectivity index (χ2v) is 7.07. The van der Waals surface area contributed by atoms with Crippen LogP contribution >= 0.6 is 0 Å². The first-order chi connectivity index (χ1) is 8.97. The summed E-state index contributed by atoms with van der Waals surface area (Å²) in [5, 5.41) is 0. The van der Waals surface area contributed by atoms with Crippen molar-refractivity contribution in [3.8, 4) is 0 Å². The molecule has 6 heteroatoms. The van der Waals surface area contributed by atoms with Crippen molar-refractivity contribution < 1.29 is 17.9 Å². The van der Waals surface area contributed by atoms with Crippen LogP contribution in [0.1, 0.15) is 46.0 Å². The second kappa shape index (κ2) is 7.97. The second-order valence-electron chi connectivity index (χ2n) is 5.03. The molecule has 0 aromatic carbocycles. The molecule has 1 rings (SSSR count). The standard InChI is InChI=1S/C13H25NO4S/c1-3-18-9-10-19(16,17)14-8-6-4-5-7-13(14)11-12(2)15/h13H,3-11H2,1-2H3. The van der Waals surface area contributed by atoms with Gasteiger partial charge < -0.3 is 4.74 Å². The van der Waals surface area contributed by atoms with E-state index in [1.807, 2.05) is 6.92 Å². The maximum absolute atomic E-state index is 12.3. The van der Waals surface area contributed by atoms with Crippen LogP contribution in [0.15, 0.2) is 0 Å². The molecule has 1 saturated heterocycles. The molecule has 0 radical (unpaired) electrons. The number of carbonyl (C=O) groups is 1. The summed E-state index contributed by atoms with van der Waals surface area (Å²) in [7, 11) is -3.32. The van der Waals surface area contributed by atoms with E-state index in [0.29, 0.717) is 19.6 Å². The highest BCUT2D eigenvalue weighted by Gasteiger charge is 2.31. The zero-order valence-electron chi connectivity index (χ0n) is 11.9. The first-order valence-electron chi connectivity index (χ1n) is 7.04. The Hall–Kier alpha value is -0.460. The Morgan fingerprint density at radius 2 is 2.05 bits per heavy atom. The number of carbonyl (C=O) groups excluding carboxylic acids is 1. The molecule has 1 heterocycles. The maximum atomic E-state index is 12.3. The predicted molar refractivity (Wildman–Crippen MR) is 74.5 cm³/mol. The van der Waals surface area contributed by atoms with Crippen LogP contribution in [-0.4, -0.2) is 50.1 Å². The van der Waals surface area contributed by atoms with Crippen LogP contribution in [0.5, 0.6) is 0 Å². The van der Waals surface area contributed by atoms with Gasteiger partial charge in [-0.05, 0) is 26.7 Å². The molecule has 0 N–H and O–H groups in total. The monoisotopic (exact) mass is 291 g/mol. The van der Waals surface area contributed by atoms with Gasteiger partial charge in [0, 0.05) is 25.6 Å². The molecule has 1 aliphatic heterocycles. The van der Waals surface area contributed by atoms with Crippen molar-refractivity contribution in [2.75, 3.05) is 25.5 Å². The van der Waals surface area contributed by atoms with Crippen molar-refractivity contribution >= 4 is 15.8 Å². The SMILES string of the molecule is CCOCCS(=O)(=O)N1CCCCCC1CC(C)=O. The fourth-order valence-corrected chi connectivity index (χ4v) is 4.08. The van der Waals surface area contributed by atoms with Gasteiger partial charge in [-0.1, -0.05) is 12.8 Å². The third-order valence-corrected chi connectivity index (χ3v) is 5.27. The Morgan fingerprint density at radius 3 is 2.68 bits per heavy atom. The van der Waals surface area contributed by atoms with E-state index in [0.717, 1.165) is 25.7 Å². The minimum Gasteiger partial charge on any atom is -0.381 e. The molecular formula is C13H25NO4S. The molecule has 5 nitrogen and oxygen atoms in total. The molecule has 19 heavy (non-hydrogen) atoms. The van der Waals surface area contributed by atoms with Crippen molar-refractivity contribution in [3.63, 3.8) is 0 Å². The van der Waals surface area contributed by atoms with E-state index in [2.05, 4.69) is 0 Å². The van der Waals surface area contributed by atoms with Crippen LogP contribution in [0, 0.1) is 0 Å².